The summed E-state index contributed by atoms with van der Waals surface area (Å²) in [4.78, 5) is 26.0. The second-order valence-corrected chi connectivity index (χ2v) is 9.50. The van der Waals surface area contributed by atoms with E-state index in [-0.39, 0.29) is 33.2 Å². The van der Waals surface area contributed by atoms with Crippen LogP contribution >= 0.6 is 11.8 Å². The number of rotatable bonds is 5. The smallest absolute Gasteiger partial charge is 0.446 e. The summed E-state index contributed by atoms with van der Waals surface area (Å²) >= 11 is -0.306. The summed E-state index contributed by atoms with van der Waals surface area (Å²) in [5.41, 5.74) is -3.32. The lowest BCUT2D eigenvalue weighted by Crippen LogP contribution is -2.38. The number of halogens is 3. The van der Waals surface area contributed by atoms with Gasteiger partial charge >= 0.3 is 11.5 Å². The molecule has 2 aromatic rings. The van der Waals surface area contributed by atoms with Crippen molar-refractivity contribution in [2.45, 2.75) is 34.7 Å². The Morgan fingerprint density at radius 1 is 1.19 bits per heavy atom. The highest BCUT2D eigenvalue weighted by Gasteiger charge is 2.32. The quantitative estimate of drug-likeness (QED) is 0.527. The maximum absolute atomic E-state index is 12.6. The number of fused-ring (bicyclic) bond motifs is 1. The molecule has 0 radical (unpaired) electrons. The van der Waals surface area contributed by atoms with Crippen LogP contribution in [0.4, 0.5) is 18.9 Å². The molecule has 166 valence electrons. The van der Waals surface area contributed by atoms with E-state index in [0.29, 0.717) is 17.7 Å². The highest BCUT2D eigenvalue weighted by molar-refractivity contribution is 8.00. The van der Waals surface area contributed by atoms with Gasteiger partial charge in [0.1, 0.15) is 0 Å². The second-order valence-electron chi connectivity index (χ2n) is 6.80. The van der Waals surface area contributed by atoms with E-state index < -0.39 is 34.0 Å². The molecule has 1 unspecified atom stereocenters. The highest BCUT2D eigenvalue weighted by atomic mass is 32.2. The standard InChI is InChI=1S/C19H17F3N2O5S2/c1-11-8-13-9-15(31(23,27)28)6-7-16(13)24(11)17(25)10-29-18(26)12-2-4-14(5-3-12)30-19(20,21)22/h2-7,9,11H,8,10H2,1H3,(H2,23,27,28). The second kappa shape index (κ2) is 8.52. The molecule has 3 rings (SSSR count). The van der Waals surface area contributed by atoms with Crippen LogP contribution in [0.1, 0.15) is 22.8 Å². The number of benzene rings is 2. The van der Waals surface area contributed by atoms with Crippen molar-refractivity contribution in [3.63, 3.8) is 0 Å². The zero-order valence-electron chi connectivity index (χ0n) is 16.0. The molecule has 1 aliphatic heterocycles. The number of sulfonamides is 1. The van der Waals surface area contributed by atoms with Gasteiger partial charge in [-0.3, -0.25) is 4.79 Å². The minimum atomic E-state index is -4.44. The number of carbonyl (C=O) groups excluding carboxylic acids is 2. The minimum absolute atomic E-state index is 0.00647. The van der Waals surface area contributed by atoms with E-state index in [9.17, 15) is 31.2 Å². The van der Waals surface area contributed by atoms with Crippen LogP contribution in [-0.2, 0) is 26.0 Å². The molecular formula is C19H17F3N2O5S2. The first-order valence-corrected chi connectivity index (χ1v) is 11.2. The first-order chi connectivity index (χ1) is 14.3. The van der Waals surface area contributed by atoms with Gasteiger partial charge in [0.25, 0.3) is 5.91 Å². The molecule has 31 heavy (non-hydrogen) atoms. The SMILES string of the molecule is CC1Cc2cc(S(N)(=O)=O)ccc2N1C(=O)COC(=O)c1ccc(SC(F)(F)F)cc1. The molecule has 1 amide bonds. The molecule has 1 heterocycles. The average Bonchev–Trinajstić information content (AvgIpc) is 2.99. The van der Waals surface area contributed by atoms with Gasteiger partial charge in [0.15, 0.2) is 6.61 Å². The number of anilines is 1. The molecule has 0 bridgehead atoms. The van der Waals surface area contributed by atoms with Crippen LogP contribution in [0.5, 0.6) is 0 Å². The summed E-state index contributed by atoms with van der Waals surface area (Å²) in [6, 6.07) is 8.51. The van der Waals surface area contributed by atoms with E-state index in [2.05, 4.69) is 0 Å². The van der Waals surface area contributed by atoms with Gasteiger partial charge in [0.2, 0.25) is 10.0 Å². The Labute approximate surface area is 180 Å². The van der Waals surface area contributed by atoms with Gasteiger partial charge in [0.05, 0.1) is 10.5 Å². The first kappa shape index (κ1) is 23.1. The number of hydrogen-bond acceptors (Lipinski definition) is 6. The Bertz CT molecular complexity index is 1120. The van der Waals surface area contributed by atoms with Crippen LogP contribution < -0.4 is 10.0 Å². The summed E-state index contributed by atoms with van der Waals surface area (Å²) in [6.45, 7) is 1.17. The molecular weight excluding hydrogens is 457 g/mol. The normalized spacial score (nSPS) is 16.2. The van der Waals surface area contributed by atoms with Gasteiger partial charge in [-0.15, -0.1) is 0 Å². The molecule has 1 aliphatic rings. The number of ether oxygens (including phenoxy) is 1. The lowest BCUT2D eigenvalue weighted by Gasteiger charge is -2.22. The fourth-order valence-corrected chi connectivity index (χ4v) is 4.34. The van der Waals surface area contributed by atoms with Gasteiger partial charge in [-0.2, -0.15) is 13.2 Å². The predicted octanol–water partition coefficient (Wildman–Crippen LogP) is 3.08. The van der Waals surface area contributed by atoms with E-state index in [0.717, 1.165) is 12.1 Å². The van der Waals surface area contributed by atoms with Crippen molar-refractivity contribution in [3.8, 4) is 0 Å². The Morgan fingerprint density at radius 3 is 2.42 bits per heavy atom. The predicted molar refractivity (Wildman–Crippen MR) is 107 cm³/mol. The van der Waals surface area contributed by atoms with Crippen LogP contribution in [0.2, 0.25) is 0 Å². The van der Waals surface area contributed by atoms with Crippen LogP contribution in [0.15, 0.2) is 52.3 Å². The van der Waals surface area contributed by atoms with Crippen LogP contribution in [0.3, 0.4) is 0 Å². The summed E-state index contributed by atoms with van der Waals surface area (Å²) in [7, 11) is -3.88. The molecule has 0 saturated carbocycles. The van der Waals surface area contributed by atoms with E-state index in [1.54, 1.807) is 6.92 Å². The van der Waals surface area contributed by atoms with Crippen molar-refractivity contribution in [1.82, 2.24) is 0 Å². The Kier molecular flexibility index (Phi) is 6.35. The molecule has 2 aromatic carbocycles. The molecule has 0 fully saturated rings. The van der Waals surface area contributed by atoms with Crippen LogP contribution in [0.25, 0.3) is 0 Å². The molecule has 0 aliphatic carbocycles. The van der Waals surface area contributed by atoms with E-state index >= 15 is 0 Å². The maximum atomic E-state index is 12.6. The Hall–Kier alpha value is -2.57. The van der Waals surface area contributed by atoms with Crippen LogP contribution in [0, 0.1) is 0 Å². The zero-order valence-corrected chi connectivity index (χ0v) is 17.7. The highest BCUT2D eigenvalue weighted by Crippen LogP contribution is 2.37. The summed E-state index contributed by atoms with van der Waals surface area (Å²) < 4.78 is 65.1. The third kappa shape index (κ3) is 5.57. The van der Waals surface area contributed by atoms with E-state index in [1.165, 1.54) is 35.2 Å². The first-order valence-electron chi connectivity index (χ1n) is 8.86. The molecule has 12 heteroatoms. The average molecular weight is 474 g/mol. The third-order valence-corrected chi connectivity index (χ3v) is 6.16. The number of hydrogen-bond donors (Lipinski definition) is 1. The summed E-state index contributed by atoms with van der Waals surface area (Å²) in [6.07, 6.45) is 0.400. The molecule has 0 saturated heterocycles. The lowest BCUT2D eigenvalue weighted by atomic mass is 10.1. The fraction of sp³-hybridized carbons (Fsp3) is 0.263. The van der Waals surface area contributed by atoms with Gasteiger partial charge in [-0.25, -0.2) is 18.4 Å². The number of carbonyl (C=O) groups is 2. The molecule has 0 spiro atoms. The van der Waals surface area contributed by atoms with Gasteiger partial charge in [-0.1, -0.05) is 0 Å². The maximum Gasteiger partial charge on any atom is 0.446 e. The van der Waals surface area contributed by atoms with Crippen LogP contribution in [-0.4, -0.2) is 38.5 Å². The van der Waals surface area contributed by atoms with Gasteiger partial charge in [-0.05, 0) is 73.1 Å². The third-order valence-electron chi connectivity index (χ3n) is 4.51. The largest absolute Gasteiger partial charge is 0.452 e. The minimum Gasteiger partial charge on any atom is -0.452 e. The topological polar surface area (TPSA) is 107 Å². The van der Waals surface area contributed by atoms with Crippen molar-refractivity contribution in [3.05, 3.63) is 53.6 Å². The number of amides is 1. The van der Waals surface area contributed by atoms with Crippen molar-refractivity contribution < 1.29 is 35.9 Å². The zero-order chi connectivity index (χ0) is 23.0. The Balaban J connectivity index is 1.65. The molecule has 0 aromatic heterocycles. The number of esters is 1. The number of thioether (sulfide) groups is 1. The van der Waals surface area contributed by atoms with Gasteiger partial charge < -0.3 is 9.64 Å². The molecule has 7 nitrogen and oxygen atoms in total. The van der Waals surface area contributed by atoms with Gasteiger partial charge in [0, 0.05) is 16.6 Å². The van der Waals surface area contributed by atoms with Crippen molar-refractivity contribution in [1.29, 1.82) is 0 Å². The number of alkyl halides is 3. The number of nitrogens with zero attached hydrogens (tertiary/aromatic N) is 1. The van der Waals surface area contributed by atoms with Crippen molar-refractivity contribution in [2.75, 3.05) is 11.5 Å². The molecule has 2 N–H and O–H groups in total. The van der Waals surface area contributed by atoms with E-state index in [4.69, 9.17) is 9.88 Å². The number of primary sulfonamides is 1. The molecule has 1 atom stereocenters. The number of nitrogens with two attached hydrogens (primary N) is 1. The lowest BCUT2D eigenvalue weighted by molar-refractivity contribution is -0.122. The Morgan fingerprint density at radius 2 is 1.84 bits per heavy atom. The summed E-state index contributed by atoms with van der Waals surface area (Å²) in [5.74, 6) is -1.37. The summed E-state index contributed by atoms with van der Waals surface area (Å²) in [5, 5.41) is 5.13. The van der Waals surface area contributed by atoms with E-state index in [1.807, 2.05) is 0 Å². The van der Waals surface area contributed by atoms with Crippen molar-refractivity contribution in [2.24, 2.45) is 5.14 Å². The monoisotopic (exact) mass is 474 g/mol. The van der Waals surface area contributed by atoms with Crippen molar-refractivity contribution >= 4 is 39.3 Å². The fourth-order valence-electron chi connectivity index (χ4n) is 3.24.